The monoisotopic (exact) mass is 330 g/mol. The van der Waals surface area contributed by atoms with Gasteiger partial charge in [-0.25, -0.2) is 0 Å². The van der Waals surface area contributed by atoms with Crippen LogP contribution in [0.25, 0.3) is 0 Å². The van der Waals surface area contributed by atoms with Gasteiger partial charge in [-0.3, -0.25) is 9.59 Å². The van der Waals surface area contributed by atoms with Gasteiger partial charge in [-0.1, -0.05) is 42.8 Å². The van der Waals surface area contributed by atoms with Crippen LogP contribution in [0.4, 0.5) is 0 Å². The fraction of sp³-hybridized carbons (Fsp3) is 0.263. The first kappa shape index (κ1) is 17.2. The normalized spacial score (nSPS) is 11.8. The number of hydrogen-bond donors (Lipinski definition) is 0. The van der Waals surface area contributed by atoms with E-state index in [4.69, 9.17) is 16.3 Å². The molecule has 0 aliphatic carbocycles. The van der Waals surface area contributed by atoms with Crippen molar-refractivity contribution in [2.75, 3.05) is 7.11 Å². The highest BCUT2D eigenvalue weighted by Gasteiger charge is 2.25. The predicted octanol–water partition coefficient (Wildman–Crippen LogP) is 4.43. The number of Topliss-reactive ketones (excluding diaryl/α,β-unsaturated/α-hetero) is 1. The Morgan fingerprint density at radius 2 is 1.65 bits per heavy atom. The third kappa shape index (κ3) is 4.42. The van der Waals surface area contributed by atoms with Crippen LogP contribution in [0.5, 0.6) is 0 Å². The Hall–Kier alpha value is -2.13. The minimum Gasteiger partial charge on any atom is -0.469 e. The van der Waals surface area contributed by atoms with E-state index < -0.39 is 11.9 Å². The second-order valence-electron chi connectivity index (χ2n) is 5.31. The molecule has 0 bridgehead atoms. The van der Waals surface area contributed by atoms with Gasteiger partial charge in [0.05, 0.1) is 13.0 Å². The molecule has 2 aromatic rings. The molecule has 0 aliphatic rings. The molecule has 3 nitrogen and oxygen atoms in total. The summed E-state index contributed by atoms with van der Waals surface area (Å²) < 4.78 is 4.87. The molecule has 0 amide bonds. The molecule has 0 aliphatic heterocycles. The number of ketones is 1. The van der Waals surface area contributed by atoms with Crippen molar-refractivity contribution in [2.24, 2.45) is 0 Å². The van der Waals surface area contributed by atoms with Gasteiger partial charge < -0.3 is 4.74 Å². The van der Waals surface area contributed by atoms with Gasteiger partial charge in [-0.05, 0) is 41.8 Å². The minimum atomic E-state index is -0.603. The van der Waals surface area contributed by atoms with Crippen molar-refractivity contribution < 1.29 is 14.3 Å². The van der Waals surface area contributed by atoms with Crippen LogP contribution in [0.15, 0.2) is 48.5 Å². The summed E-state index contributed by atoms with van der Waals surface area (Å²) in [6, 6.07) is 14.4. The van der Waals surface area contributed by atoms with E-state index in [1.807, 2.05) is 24.3 Å². The molecule has 4 heteroatoms. The molecule has 2 aromatic carbocycles. The molecule has 1 atom stereocenters. The smallest absolute Gasteiger partial charge is 0.313 e. The maximum atomic E-state index is 12.4. The van der Waals surface area contributed by atoms with Gasteiger partial charge in [0, 0.05) is 17.0 Å². The molecule has 0 heterocycles. The van der Waals surface area contributed by atoms with Gasteiger partial charge >= 0.3 is 5.97 Å². The Labute approximate surface area is 141 Å². The van der Waals surface area contributed by atoms with Crippen LogP contribution >= 0.6 is 11.6 Å². The van der Waals surface area contributed by atoms with Crippen molar-refractivity contribution in [3.63, 3.8) is 0 Å². The van der Waals surface area contributed by atoms with Crippen molar-refractivity contribution in [3.8, 4) is 0 Å². The second kappa shape index (κ2) is 7.93. The highest BCUT2D eigenvalue weighted by Crippen LogP contribution is 2.24. The number of esters is 1. The number of aryl methyl sites for hydroxylation is 1. The van der Waals surface area contributed by atoms with Crippen LogP contribution in [0, 0.1) is 0 Å². The summed E-state index contributed by atoms with van der Waals surface area (Å²) in [5, 5.41) is 0.571. The fourth-order valence-electron chi connectivity index (χ4n) is 2.40. The Bertz CT molecular complexity index is 675. The van der Waals surface area contributed by atoms with Gasteiger partial charge in [-0.2, -0.15) is 0 Å². The Kier molecular flexibility index (Phi) is 5.94. The lowest BCUT2D eigenvalue weighted by molar-refractivity contribution is -0.142. The molecule has 0 N–H and O–H groups in total. The minimum absolute atomic E-state index is 0.0692. The second-order valence-corrected chi connectivity index (χ2v) is 5.74. The molecule has 0 saturated carbocycles. The van der Waals surface area contributed by atoms with Crippen molar-refractivity contribution >= 4 is 23.4 Å². The van der Waals surface area contributed by atoms with Gasteiger partial charge in [0.15, 0.2) is 5.78 Å². The Morgan fingerprint density at radius 1 is 1.04 bits per heavy atom. The third-order valence-corrected chi connectivity index (χ3v) is 4.08. The van der Waals surface area contributed by atoms with Crippen molar-refractivity contribution in [1.29, 1.82) is 0 Å². The van der Waals surface area contributed by atoms with Crippen LogP contribution in [0.1, 0.15) is 40.7 Å². The lowest BCUT2D eigenvalue weighted by Crippen LogP contribution is -2.18. The van der Waals surface area contributed by atoms with Crippen LogP contribution in [-0.2, 0) is 16.0 Å². The fourth-order valence-corrected chi connectivity index (χ4v) is 2.53. The first-order chi connectivity index (χ1) is 11.0. The summed E-state index contributed by atoms with van der Waals surface area (Å²) in [5.74, 6) is -1.12. The summed E-state index contributed by atoms with van der Waals surface area (Å²) in [6.45, 7) is 2.07. The highest BCUT2D eigenvalue weighted by atomic mass is 35.5. The maximum absolute atomic E-state index is 12.4. The van der Waals surface area contributed by atoms with E-state index in [9.17, 15) is 9.59 Å². The number of halogens is 1. The van der Waals surface area contributed by atoms with E-state index in [0.29, 0.717) is 10.6 Å². The topological polar surface area (TPSA) is 43.4 Å². The summed E-state index contributed by atoms with van der Waals surface area (Å²) in [5.41, 5.74) is 2.51. The molecule has 0 fully saturated rings. The summed E-state index contributed by atoms with van der Waals surface area (Å²) in [4.78, 5) is 24.5. The molecule has 2 rings (SSSR count). The average Bonchev–Trinajstić information content (AvgIpc) is 2.59. The first-order valence-electron chi connectivity index (χ1n) is 7.50. The van der Waals surface area contributed by atoms with Gasteiger partial charge in [-0.15, -0.1) is 0 Å². The summed E-state index contributed by atoms with van der Waals surface area (Å²) >= 11 is 5.83. The maximum Gasteiger partial charge on any atom is 0.313 e. The van der Waals surface area contributed by atoms with Crippen molar-refractivity contribution in [1.82, 2.24) is 0 Å². The summed E-state index contributed by atoms with van der Waals surface area (Å²) in [6.07, 6.45) is 0.993. The van der Waals surface area contributed by atoms with E-state index in [-0.39, 0.29) is 12.2 Å². The molecular formula is C19H19ClO3. The molecule has 0 spiro atoms. The van der Waals surface area contributed by atoms with Gasteiger partial charge in [0.2, 0.25) is 0 Å². The van der Waals surface area contributed by atoms with Crippen molar-refractivity contribution in [2.45, 2.75) is 25.7 Å². The number of carbonyl (C=O) groups excluding carboxylic acids is 2. The zero-order valence-corrected chi connectivity index (χ0v) is 14.0. The zero-order valence-electron chi connectivity index (χ0n) is 13.2. The number of hydrogen-bond acceptors (Lipinski definition) is 3. The van der Waals surface area contributed by atoms with Crippen molar-refractivity contribution in [3.05, 3.63) is 70.2 Å². The number of methoxy groups -OCH3 is 1. The van der Waals surface area contributed by atoms with Gasteiger partial charge in [0.1, 0.15) is 0 Å². The number of benzene rings is 2. The Balaban J connectivity index is 2.22. The standard InChI is InChI=1S/C19H19ClO3/c1-3-13-4-6-14(7-5-13)17(19(22)23-2)12-18(21)15-8-10-16(20)11-9-15/h4-11,17H,3,12H2,1-2H3/t17-/m0/s1. The van der Waals surface area contributed by atoms with E-state index in [0.717, 1.165) is 12.0 Å². The molecular weight excluding hydrogens is 312 g/mol. The van der Waals surface area contributed by atoms with Crippen LogP contribution < -0.4 is 0 Å². The molecule has 0 unspecified atom stereocenters. The van der Waals surface area contributed by atoms with E-state index >= 15 is 0 Å². The quantitative estimate of drug-likeness (QED) is 0.581. The lowest BCUT2D eigenvalue weighted by atomic mass is 9.91. The zero-order chi connectivity index (χ0) is 16.8. The highest BCUT2D eigenvalue weighted by molar-refractivity contribution is 6.30. The molecule has 0 saturated heterocycles. The van der Waals surface area contributed by atoms with E-state index in [2.05, 4.69) is 6.92 Å². The van der Waals surface area contributed by atoms with Gasteiger partial charge in [0.25, 0.3) is 0 Å². The molecule has 120 valence electrons. The van der Waals surface area contributed by atoms with Crippen LogP contribution in [0.2, 0.25) is 5.02 Å². The first-order valence-corrected chi connectivity index (χ1v) is 7.88. The molecule has 0 aromatic heterocycles. The average molecular weight is 331 g/mol. The number of ether oxygens (including phenoxy) is 1. The van der Waals surface area contributed by atoms with E-state index in [1.165, 1.54) is 12.7 Å². The van der Waals surface area contributed by atoms with Crippen LogP contribution in [-0.4, -0.2) is 18.9 Å². The van der Waals surface area contributed by atoms with Crippen LogP contribution in [0.3, 0.4) is 0 Å². The van der Waals surface area contributed by atoms with E-state index in [1.54, 1.807) is 24.3 Å². The number of carbonyl (C=O) groups is 2. The molecule has 0 radical (unpaired) electrons. The lowest BCUT2D eigenvalue weighted by Gasteiger charge is -2.15. The third-order valence-electron chi connectivity index (χ3n) is 3.83. The predicted molar refractivity (Wildman–Crippen MR) is 91.0 cm³/mol. The largest absolute Gasteiger partial charge is 0.469 e. The number of rotatable bonds is 6. The SMILES string of the molecule is CCc1ccc([C@H](CC(=O)c2ccc(Cl)cc2)C(=O)OC)cc1. The summed E-state index contributed by atoms with van der Waals surface area (Å²) in [7, 11) is 1.34. The Morgan fingerprint density at radius 3 is 2.17 bits per heavy atom. The molecule has 23 heavy (non-hydrogen) atoms.